The van der Waals surface area contributed by atoms with Crippen molar-refractivity contribution in [2.75, 3.05) is 26.2 Å². The first-order valence-electron chi connectivity index (χ1n) is 8.53. The second-order valence-corrected chi connectivity index (χ2v) is 9.14. The third-order valence-corrected chi connectivity index (χ3v) is 7.27. The van der Waals surface area contributed by atoms with Crippen LogP contribution in [0.25, 0.3) is 0 Å². The average Bonchev–Trinajstić information content (AvgIpc) is 3.01. The lowest BCUT2D eigenvalue weighted by Gasteiger charge is -2.22. The van der Waals surface area contributed by atoms with Crippen LogP contribution in [-0.4, -0.2) is 49.7 Å². The van der Waals surface area contributed by atoms with E-state index in [4.69, 9.17) is 0 Å². The average molecular weight is 397 g/mol. The summed E-state index contributed by atoms with van der Waals surface area (Å²) in [5.41, 5.74) is 0. The van der Waals surface area contributed by atoms with E-state index in [0.717, 1.165) is 12.1 Å². The van der Waals surface area contributed by atoms with Crippen molar-refractivity contribution in [1.82, 2.24) is 9.21 Å². The van der Waals surface area contributed by atoms with Crippen LogP contribution in [0.1, 0.15) is 17.7 Å². The van der Waals surface area contributed by atoms with E-state index >= 15 is 0 Å². The number of carbonyl (C=O) groups is 1. The number of nitrogens with zero attached hydrogens (tertiary/aromatic N) is 2. The highest BCUT2D eigenvalue weighted by molar-refractivity contribution is 7.89. The van der Waals surface area contributed by atoms with Gasteiger partial charge in [-0.05, 0) is 48.6 Å². The van der Waals surface area contributed by atoms with Crippen molar-refractivity contribution in [2.24, 2.45) is 0 Å². The molecule has 5 nitrogen and oxygen atoms in total. The number of thiophene rings is 1. The van der Waals surface area contributed by atoms with Crippen molar-refractivity contribution in [2.45, 2.75) is 24.2 Å². The fraction of sp³-hybridized carbons (Fsp3) is 0.389. The largest absolute Gasteiger partial charge is 0.341 e. The third kappa shape index (κ3) is 4.49. The molecule has 1 aromatic heterocycles. The molecular weight excluding hydrogens is 375 g/mol. The van der Waals surface area contributed by atoms with Crippen LogP contribution in [0.4, 0.5) is 4.39 Å². The monoisotopic (exact) mass is 396 g/mol. The fourth-order valence-electron chi connectivity index (χ4n) is 2.98. The maximum atomic E-state index is 13.0. The summed E-state index contributed by atoms with van der Waals surface area (Å²) < 4.78 is 39.8. The van der Waals surface area contributed by atoms with Gasteiger partial charge in [0.1, 0.15) is 5.82 Å². The molecule has 1 aliphatic rings. The Balaban J connectivity index is 1.60. The zero-order valence-electron chi connectivity index (χ0n) is 14.3. The highest BCUT2D eigenvalue weighted by Gasteiger charge is 2.28. The maximum Gasteiger partial charge on any atom is 0.243 e. The molecule has 0 unspecified atom stereocenters. The first-order valence-corrected chi connectivity index (χ1v) is 10.8. The minimum atomic E-state index is -3.67. The molecule has 26 heavy (non-hydrogen) atoms. The Kier molecular flexibility index (Phi) is 6.05. The van der Waals surface area contributed by atoms with Crippen molar-refractivity contribution in [3.8, 4) is 0 Å². The molecule has 140 valence electrons. The summed E-state index contributed by atoms with van der Waals surface area (Å²) in [4.78, 5) is 15.4. The predicted molar refractivity (Wildman–Crippen MR) is 99.0 cm³/mol. The molecule has 0 bridgehead atoms. The molecule has 0 N–H and O–H groups in total. The molecule has 0 spiro atoms. The number of benzene rings is 1. The number of halogens is 1. The summed E-state index contributed by atoms with van der Waals surface area (Å²) >= 11 is 1.63. The molecule has 8 heteroatoms. The second kappa shape index (κ2) is 8.28. The van der Waals surface area contributed by atoms with Crippen LogP contribution >= 0.6 is 11.3 Å². The summed E-state index contributed by atoms with van der Waals surface area (Å²) in [6, 6.07) is 8.82. The smallest absolute Gasteiger partial charge is 0.243 e. The lowest BCUT2D eigenvalue weighted by atomic mass is 10.2. The van der Waals surface area contributed by atoms with Gasteiger partial charge in [0, 0.05) is 37.5 Å². The summed E-state index contributed by atoms with van der Waals surface area (Å²) in [7, 11) is -3.67. The van der Waals surface area contributed by atoms with E-state index in [1.54, 1.807) is 16.2 Å². The van der Waals surface area contributed by atoms with E-state index in [-0.39, 0.29) is 17.3 Å². The van der Waals surface area contributed by atoms with Gasteiger partial charge in [-0.2, -0.15) is 4.31 Å². The molecule has 1 aliphatic heterocycles. The van der Waals surface area contributed by atoms with Gasteiger partial charge in [-0.1, -0.05) is 6.07 Å². The van der Waals surface area contributed by atoms with Gasteiger partial charge in [-0.15, -0.1) is 11.3 Å². The normalized spacial score (nSPS) is 16.4. The summed E-state index contributed by atoms with van der Waals surface area (Å²) in [5, 5.41) is 1.99. The van der Waals surface area contributed by atoms with E-state index in [1.807, 2.05) is 17.5 Å². The number of hydrogen-bond donors (Lipinski definition) is 0. The minimum Gasteiger partial charge on any atom is -0.341 e. The van der Waals surface area contributed by atoms with Gasteiger partial charge in [0.25, 0.3) is 0 Å². The molecule has 1 fully saturated rings. The van der Waals surface area contributed by atoms with Gasteiger partial charge >= 0.3 is 0 Å². The topological polar surface area (TPSA) is 57.7 Å². The standard InChI is InChI=1S/C18H21FN2O3S2/c19-15-4-7-17(8-5-15)26(23,24)21-11-2-10-20(12-13-21)18(22)9-6-16-3-1-14-25-16/h1,3-5,7-8,14H,2,6,9-13H2. The van der Waals surface area contributed by atoms with Crippen LogP contribution in [0.15, 0.2) is 46.7 Å². The molecule has 0 aliphatic carbocycles. The highest BCUT2D eigenvalue weighted by Crippen LogP contribution is 2.19. The molecular formula is C18H21FN2O3S2. The fourth-order valence-corrected chi connectivity index (χ4v) is 5.16. The molecule has 0 saturated carbocycles. The third-order valence-electron chi connectivity index (χ3n) is 4.42. The number of aryl methyl sites for hydroxylation is 1. The van der Waals surface area contributed by atoms with E-state index in [1.165, 1.54) is 21.3 Å². The van der Waals surface area contributed by atoms with Crippen molar-refractivity contribution in [3.63, 3.8) is 0 Å². The number of amides is 1. The summed E-state index contributed by atoms with van der Waals surface area (Å²) in [6.07, 6.45) is 1.74. The van der Waals surface area contributed by atoms with Gasteiger partial charge < -0.3 is 4.90 Å². The van der Waals surface area contributed by atoms with Crippen molar-refractivity contribution in [1.29, 1.82) is 0 Å². The number of rotatable bonds is 5. The Labute approximate surface area is 157 Å². The first kappa shape index (κ1) is 19.0. The quantitative estimate of drug-likeness (QED) is 0.781. The molecule has 2 heterocycles. The van der Waals surface area contributed by atoms with Crippen LogP contribution < -0.4 is 0 Å². The zero-order valence-corrected chi connectivity index (χ0v) is 15.9. The van der Waals surface area contributed by atoms with E-state index < -0.39 is 15.8 Å². The van der Waals surface area contributed by atoms with Crippen molar-refractivity contribution >= 4 is 27.3 Å². The Morgan fingerprint density at radius 2 is 1.85 bits per heavy atom. The minimum absolute atomic E-state index is 0.0550. The second-order valence-electron chi connectivity index (χ2n) is 6.17. The van der Waals surface area contributed by atoms with Crippen LogP contribution in [0.5, 0.6) is 0 Å². The molecule has 3 rings (SSSR count). The number of carbonyl (C=O) groups excluding carboxylic acids is 1. The van der Waals surface area contributed by atoms with Crippen molar-refractivity contribution < 1.29 is 17.6 Å². The van der Waals surface area contributed by atoms with Crippen molar-refractivity contribution in [3.05, 3.63) is 52.5 Å². The van der Waals surface area contributed by atoms with E-state index in [2.05, 4.69) is 0 Å². The molecule has 1 saturated heterocycles. The molecule has 1 amide bonds. The van der Waals surface area contributed by atoms with Gasteiger partial charge in [0.15, 0.2) is 0 Å². The highest BCUT2D eigenvalue weighted by atomic mass is 32.2. The molecule has 2 aromatic rings. The van der Waals surface area contributed by atoms with Gasteiger partial charge in [-0.3, -0.25) is 4.79 Å². The summed E-state index contributed by atoms with van der Waals surface area (Å²) in [5.74, 6) is -0.415. The zero-order chi connectivity index (χ0) is 18.6. The number of hydrogen-bond acceptors (Lipinski definition) is 4. The Morgan fingerprint density at radius 3 is 2.54 bits per heavy atom. The van der Waals surface area contributed by atoms with Gasteiger partial charge in [0.2, 0.25) is 15.9 Å². The van der Waals surface area contributed by atoms with Gasteiger partial charge in [-0.25, -0.2) is 12.8 Å². The summed E-state index contributed by atoms with van der Waals surface area (Å²) in [6.45, 7) is 1.54. The first-order chi connectivity index (χ1) is 12.5. The van der Waals surface area contributed by atoms with E-state index in [0.29, 0.717) is 38.9 Å². The Morgan fingerprint density at radius 1 is 1.08 bits per heavy atom. The molecule has 0 radical (unpaired) electrons. The molecule has 1 aromatic carbocycles. The number of sulfonamides is 1. The van der Waals surface area contributed by atoms with Crippen LogP contribution in [0.3, 0.4) is 0 Å². The Hall–Kier alpha value is -1.77. The van der Waals surface area contributed by atoms with Crippen LogP contribution in [0.2, 0.25) is 0 Å². The Bertz CT molecular complexity index is 836. The van der Waals surface area contributed by atoms with Crippen LogP contribution in [-0.2, 0) is 21.2 Å². The van der Waals surface area contributed by atoms with E-state index in [9.17, 15) is 17.6 Å². The van der Waals surface area contributed by atoms with Crippen LogP contribution in [0, 0.1) is 5.82 Å². The lowest BCUT2D eigenvalue weighted by Crippen LogP contribution is -2.37. The predicted octanol–water partition coefficient (Wildman–Crippen LogP) is 2.74. The maximum absolute atomic E-state index is 13.0. The lowest BCUT2D eigenvalue weighted by molar-refractivity contribution is -0.131. The van der Waals surface area contributed by atoms with Gasteiger partial charge in [0.05, 0.1) is 4.90 Å². The molecule has 0 atom stereocenters. The SMILES string of the molecule is O=C(CCc1cccs1)N1CCCN(S(=O)(=O)c2ccc(F)cc2)CC1.